The summed E-state index contributed by atoms with van der Waals surface area (Å²) in [5.74, 6) is -3.25. The van der Waals surface area contributed by atoms with Crippen LogP contribution in [0.4, 0.5) is 10.1 Å². The Bertz CT molecular complexity index is 590. The minimum Gasteiger partial charge on any atom is -0.480 e. The van der Waals surface area contributed by atoms with Gasteiger partial charge in [0, 0.05) is 13.0 Å². The van der Waals surface area contributed by atoms with Crippen LogP contribution < -0.4 is 10.2 Å². The smallest absolute Gasteiger partial charge is 0.325 e. The molecular weight excluding hydrogens is 279 g/mol. The first-order valence-corrected chi connectivity index (χ1v) is 6.48. The second-order valence-electron chi connectivity index (χ2n) is 4.93. The molecule has 0 bridgehead atoms. The van der Waals surface area contributed by atoms with Crippen molar-refractivity contribution in [3.05, 3.63) is 30.1 Å². The molecule has 0 aliphatic carbocycles. The predicted molar refractivity (Wildman–Crippen MR) is 72.1 cm³/mol. The SMILES string of the molecule is CC(NC(=O)C1CC(=O)N(c2ccccc2F)C1)C(=O)O. The maximum atomic E-state index is 13.7. The first-order valence-electron chi connectivity index (χ1n) is 6.48. The lowest BCUT2D eigenvalue weighted by atomic mass is 10.1. The number of benzene rings is 1. The molecule has 6 nitrogen and oxygen atoms in total. The fourth-order valence-electron chi connectivity index (χ4n) is 2.18. The van der Waals surface area contributed by atoms with Gasteiger partial charge in [-0.05, 0) is 19.1 Å². The van der Waals surface area contributed by atoms with Gasteiger partial charge in [0.15, 0.2) is 0 Å². The molecule has 7 heteroatoms. The number of carboxylic acid groups (broad SMARTS) is 1. The van der Waals surface area contributed by atoms with E-state index in [1.54, 1.807) is 6.07 Å². The van der Waals surface area contributed by atoms with Gasteiger partial charge in [-0.2, -0.15) is 0 Å². The van der Waals surface area contributed by atoms with Crippen molar-refractivity contribution in [2.75, 3.05) is 11.4 Å². The predicted octanol–water partition coefficient (Wildman–Crippen LogP) is 0.768. The summed E-state index contributed by atoms with van der Waals surface area (Å²) in [4.78, 5) is 35.8. The third-order valence-corrected chi connectivity index (χ3v) is 3.37. The van der Waals surface area contributed by atoms with Crippen LogP contribution in [0.3, 0.4) is 0 Å². The maximum absolute atomic E-state index is 13.7. The molecule has 0 radical (unpaired) electrons. The summed E-state index contributed by atoms with van der Waals surface area (Å²) in [7, 11) is 0. The van der Waals surface area contributed by atoms with Crippen molar-refractivity contribution in [3.63, 3.8) is 0 Å². The van der Waals surface area contributed by atoms with Crippen LogP contribution in [0, 0.1) is 11.7 Å². The monoisotopic (exact) mass is 294 g/mol. The molecule has 2 amide bonds. The Morgan fingerprint density at radius 1 is 1.43 bits per heavy atom. The highest BCUT2D eigenvalue weighted by atomic mass is 19.1. The highest BCUT2D eigenvalue weighted by molar-refractivity contribution is 6.00. The molecule has 0 spiro atoms. The van der Waals surface area contributed by atoms with Gasteiger partial charge < -0.3 is 15.3 Å². The van der Waals surface area contributed by atoms with E-state index in [4.69, 9.17) is 5.11 Å². The van der Waals surface area contributed by atoms with Crippen LogP contribution in [0.5, 0.6) is 0 Å². The number of carboxylic acids is 1. The van der Waals surface area contributed by atoms with Crippen LogP contribution >= 0.6 is 0 Å². The van der Waals surface area contributed by atoms with E-state index >= 15 is 0 Å². The molecule has 1 fully saturated rings. The number of aliphatic carboxylic acids is 1. The van der Waals surface area contributed by atoms with Gasteiger partial charge in [-0.1, -0.05) is 12.1 Å². The number of halogens is 1. The Balaban J connectivity index is 2.08. The first kappa shape index (κ1) is 15.0. The number of hydrogen-bond acceptors (Lipinski definition) is 3. The molecule has 112 valence electrons. The Hall–Kier alpha value is -2.44. The van der Waals surface area contributed by atoms with Gasteiger partial charge >= 0.3 is 5.97 Å². The topological polar surface area (TPSA) is 86.7 Å². The van der Waals surface area contributed by atoms with Crippen molar-refractivity contribution in [3.8, 4) is 0 Å². The standard InChI is InChI=1S/C14H15FN2O4/c1-8(14(20)21)16-13(19)9-6-12(18)17(7-9)11-5-3-2-4-10(11)15/h2-5,8-9H,6-7H2,1H3,(H,16,19)(H,20,21). The van der Waals surface area contributed by atoms with E-state index in [0.29, 0.717) is 0 Å². The molecule has 1 aliphatic rings. The van der Waals surface area contributed by atoms with E-state index < -0.39 is 29.7 Å². The van der Waals surface area contributed by atoms with Gasteiger partial charge in [-0.25, -0.2) is 4.39 Å². The summed E-state index contributed by atoms with van der Waals surface area (Å²) in [6, 6.07) is 4.79. The molecule has 1 saturated heterocycles. The molecule has 0 saturated carbocycles. The number of para-hydroxylation sites is 1. The lowest BCUT2D eigenvalue weighted by molar-refractivity contribution is -0.141. The molecule has 2 N–H and O–H groups in total. The first-order chi connectivity index (χ1) is 9.90. The van der Waals surface area contributed by atoms with Crippen molar-refractivity contribution < 1.29 is 23.9 Å². The van der Waals surface area contributed by atoms with Crippen molar-refractivity contribution in [2.45, 2.75) is 19.4 Å². The largest absolute Gasteiger partial charge is 0.480 e. The number of nitrogens with one attached hydrogen (secondary N) is 1. The molecular formula is C14H15FN2O4. The van der Waals surface area contributed by atoms with E-state index in [1.807, 2.05) is 0 Å². The third kappa shape index (κ3) is 3.18. The maximum Gasteiger partial charge on any atom is 0.325 e. The van der Waals surface area contributed by atoms with Crippen molar-refractivity contribution in [2.24, 2.45) is 5.92 Å². The van der Waals surface area contributed by atoms with E-state index in [-0.39, 0.29) is 24.6 Å². The average molecular weight is 294 g/mol. The zero-order valence-electron chi connectivity index (χ0n) is 11.4. The minimum absolute atomic E-state index is 0.0396. The summed E-state index contributed by atoms with van der Waals surface area (Å²) >= 11 is 0. The second kappa shape index (κ2) is 5.90. The quantitative estimate of drug-likeness (QED) is 0.858. The molecule has 1 aliphatic heterocycles. The summed E-state index contributed by atoms with van der Waals surface area (Å²) in [6.07, 6.45) is -0.0630. The van der Waals surface area contributed by atoms with Crippen molar-refractivity contribution >= 4 is 23.5 Å². The lowest BCUT2D eigenvalue weighted by Gasteiger charge is -2.17. The van der Waals surface area contributed by atoms with Crippen LogP contribution in [0.15, 0.2) is 24.3 Å². The normalized spacial score (nSPS) is 19.4. The van der Waals surface area contributed by atoms with Gasteiger partial charge in [0.2, 0.25) is 11.8 Å². The zero-order chi connectivity index (χ0) is 15.6. The molecule has 1 aromatic carbocycles. The highest BCUT2D eigenvalue weighted by Gasteiger charge is 2.36. The number of hydrogen-bond donors (Lipinski definition) is 2. The van der Waals surface area contributed by atoms with Crippen molar-refractivity contribution in [1.29, 1.82) is 0 Å². The summed E-state index contributed by atoms with van der Waals surface area (Å²) in [5, 5.41) is 11.1. The third-order valence-electron chi connectivity index (χ3n) is 3.37. The van der Waals surface area contributed by atoms with E-state index in [0.717, 1.165) is 0 Å². The number of rotatable bonds is 4. The molecule has 1 heterocycles. The van der Waals surface area contributed by atoms with Crippen LogP contribution in [-0.4, -0.2) is 35.5 Å². The number of anilines is 1. The number of nitrogens with zero attached hydrogens (tertiary/aromatic N) is 1. The van der Waals surface area contributed by atoms with E-state index in [2.05, 4.69) is 5.32 Å². The zero-order valence-corrected chi connectivity index (χ0v) is 11.4. The summed E-state index contributed by atoms with van der Waals surface area (Å²) in [5.41, 5.74) is 0.129. The molecule has 2 unspecified atom stereocenters. The van der Waals surface area contributed by atoms with E-state index in [9.17, 15) is 18.8 Å². The Kier molecular flexibility index (Phi) is 4.21. The van der Waals surface area contributed by atoms with Gasteiger partial charge in [-0.3, -0.25) is 14.4 Å². The summed E-state index contributed by atoms with van der Waals surface area (Å²) in [6.45, 7) is 1.38. The van der Waals surface area contributed by atoms with E-state index in [1.165, 1.54) is 30.0 Å². The van der Waals surface area contributed by atoms with Crippen LogP contribution in [-0.2, 0) is 14.4 Å². The fourth-order valence-corrected chi connectivity index (χ4v) is 2.18. The van der Waals surface area contributed by atoms with Crippen LogP contribution in [0.2, 0.25) is 0 Å². The number of carbonyl (C=O) groups is 3. The molecule has 1 aromatic rings. The average Bonchev–Trinajstić information content (AvgIpc) is 2.81. The minimum atomic E-state index is -1.15. The molecule has 2 rings (SSSR count). The van der Waals surface area contributed by atoms with Crippen molar-refractivity contribution in [1.82, 2.24) is 5.32 Å². The fraction of sp³-hybridized carbons (Fsp3) is 0.357. The molecule has 2 atom stereocenters. The van der Waals surface area contributed by atoms with Crippen LogP contribution in [0.1, 0.15) is 13.3 Å². The van der Waals surface area contributed by atoms with Gasteiger partial charge in [0.1, 0.15) is 11.9 Å². The van der Waals surface area contributed by atoms with Gasteiger partial charge in [0.05, 0.1) is 11.6 Å². The van der Waals surface area contributed by atoms with Gasteiger partial charge in [-0.15, -0.1) is 0 Å². The highest BCUT2D eigenvalue weighted by Crippen LogP contribution is 2.27. The summed E-state index contributed by atoms with van der Waals surface area (Å²) < 4.78 is 13.7. The number of amides is 2. The lowest BCUT2D eigenvalue weighted by Crippen LogP contribution is -2.42. The van der Waals surface area contributed by atoms with Crippen LogP contribution in [0.25, 0.3) is 0 Å². The Morgan fingerprint density at radius 2 is 2.10 bits per heavy atom. The number of carbonyl (C=O) groups excluding carboxylic acids is 2. The Morgan fingerprint density at radius 3 is 2.71 bits per heavy atom. The Labute approximate surface area is 120 Å². The van der Waals surface area contributed by atoms with Gasteiger partial charge in [0.25, 0.3) is 0 Å². The molecule has 0 aromatic heterocycles. The second-order valence-corrected chi connectivity index (χ2v) is 4.93. The molecule has 21 heavy (non-hydrogen) atoms.